The van der Waals surface area contributed by atoms with Gasteiger partial charge in [-0.3, -0.25) is 0 Å². The Hall–Kier alpha value is -0.890. The van der Waals surface area contributed by atoms with Gasteiger partial charge in [-0.05, 0) is 6.07 Å². The zero-order chi connectivity index (χ0) is 8.27. The van der Waals surface area contributed by atoms with E-state index >= 15 is 0 Å². The van der Waals surface area contributed by atoms with E-state index in [1.165, 1.54) is 0 Å². The maximum absolute atomic E-state index is 4.97. The van der Waals surface area contributed by atoms with Crippen molar-refractivity contribution in [3.8, 4) is 0 Å². The van der Waals surface area contributed by atoms with E-state index < -0.39 is 0 Å². The van der Waals surface area contributed by atoms with Crippen LogP contribution in [0, 0.1) is 0 Å². The van der Waals surface area contributed by atoms with Crippen molar-refractivity contribution in [1.29, 1.82) is 0 Å². The van der Waals surface area contributed by atoms with Gasteiger partial charge in [-0.1, -0.05) is 24.8 Å². The van der Waals surface area contributed by atoms with E-state index in [0.717, 1.165) is 10.5 Å². The second kappa shape index (κ2) is 3.49. The summed E-state index contributed by atoms with van der Waals surface area (Å²) in [5.74, 6) is 0.649. The summed E-state index contributed by atoms with van der Waals surface area (Å²) in [4.78, 5) is 0.888. The van der Waals surface area contributed by atoms with Gasteiger partial charge in [-0.2, -0.15) is 0 Å². The van der Waals surface area contributed by atoms with Crippen LogP contribution in [0.5, 0.6) is 0 Å². The fourth-order valence-corrected chi connectivity index (χ4v) is 1.10. The van der Waals surface area contributed by atoms with Crippen LogP contribution in [-0.4, -0.2) is 7.11 Å². The standard InChI is InChI=1S/C9H10OS/c1-7(10-2)8-5-3-4-6-9(8)11/h3-6,11H,1H2,2H3. The second-order valence-corrected chi connectivity index (χ2v) is 2.63. The quantitative estimate of drug-likeness (QED) is 0.525. The fourth-order valence-electron chi connectivity index (χ4n) is 0.819. The van der Waals surface area contributed by atoms with Gasteiger partial charge in [-0.25, -0.2) is 0 Å². The van der Waals surface area contributed by atoms with Gasteiger partial charge >= 0.3 is 0 Å². The molecule has 0 atom stereocenters. The Labute approximate surface area is 72.1 Å². The fraction of sp³-hybridized carbons (Fsp3) is 0.111. The molecule has 0 bridgehead atoms. The average Bonchev–Trinajstić information content (AvgIpc) is 2.04. The molecule has 0 saturated carbocycles. The van der Waals surface area contributed by atoms with Crippen molar-refractivity contribution in [3.63, 3.8) is 0 Å². The molecule has 0 N–H and O–H groups in total. The van der Waals surface area contributed by atoms with E-state index in [9.17, 15) is 0 Å². The first-order chi connectivity index (χ1) is 5.25. The summed E-state index contributed by atoms with van der Waals surface area (Å²) in [6.07, 6.45) is 0. The predicted molar refractivity (Wildman–Crippen MR) is 49.7 cm³/mol. The van der Waals surface area contributed by atoms with Crippen molar-refractivity contribution < 1.29 is 4.74 Å². The summed E-state index contributed by atoms with van der Waals surface area (Å²) in [5, 5.41) is 0. The summed E-state index contributed by atoms with van der Waals surface area (Å²) < 4.78 is 4.97. The first-order valence-electron chi connectivity index (χ1n) is 3.27. The lowest BCUT2D eigenvalue weighted by molar-refractivity contribution is 0.370. The topological polar surface area (TPSA) is 9.23 Å². The van der Waals surface area contributed by atoms with Crippen molar-refractivity contribution in [2.24, 2.45) is 0 Å². The van der Waals surface area contributed by atoms with E-state index in [2.05, 4.69) is 19.2 Å². The van der Waals surface area contributed by atoms with Gasteiger partial charge < -0.3 is 4.74 Å². The summed E-state index contributed by atoms with van der Waals surface area (Å²) in [6, 6.07) is 7.69. The molecule has 0 aliphatic carbocycles. The van der Waals surface area contributed by atoms with Crippen LogP contribution in [0.2, 0.25) is 0 Å². The van der Waals surface area contributed by atoms with Crippen molar-refractivity contribution in [1.82, 2.24) is 0 Å². The Kier molecular flexibility index (Phi) is 2.60. The molecule has 0 radical (unpaired) electrons. The van der Waals surface area contributed by atoms with Gasteiger partial charge in [-0.15, -0.1) is 12.6 Å². The highest BCUT2D eigenvalue weighted by molar-refractivity contribution is 7.80. The maximum atomic E-state index is 4.97. The van der Waals surface area contributed by atoms with E-state index in [1.807, 2.05) is 24.3 Å². The molecule has 1 rings (SSSR count). The third-order valence-corrected chi connectivity index (χ3v) is 1.84. The number of methoxy groups -OCH3 is 1. The lowest BCUT2D eigenvalue weighted by Gasteiger charge is -2.05. The van der Waals surface area contributed by atoms with Crippen LogP contribution in [0.4, 0.5) is 0 Å². The third-order valence-electron chi connectivity index (χ3n) is 1.45. The smallest absolute Gasteiger partial charge is 0.120 e. The van der Waals surface area contributed by atoms with E-state index in [1.54, 1.807) is 7.11 Å². The Balaban J connectivity index is 3.03. The largest absolute Gasteiger partial charge is 0.497 e. The summed E-state index contributed by atoms with van der Waals surface area (Å²) in [5.41, 5.74) is 0.943. The van der Waals surface area contributed by atoms with Gasteiger partial charge in [0.05, 0.1) is 7.11 Å². The van der Waals surface area contributed by atoms with Gasteiger partial charge in [0.15, 0.2) is 0 Å². The molecule has 0 aromatic heterocycles. The molecular formula is C9H10OS. The monoisotopic (exact) mass is 166 g/mol. The molecule has 0 heterocycles. The minimum atomic E-state index is 0.649. The molecule has 1 aromatic carbocycles. The normalized spacial score (nSPS) is 9.27. The second-order valence-electron chi connectivity index (χ2n) is 2.14. The summed E-state index contributed by atoms with van der Waals surface area (Å²) in [6.45, 7) is 3.73. The molecule has 11 heavy (non-hydrogen) atoms. The Morgan fingerprint density at radius 2 is 2.09 bits per heavy atom. The van der Waals surface area contributed by atoms with Crippen LogP contribution in [0.15, 0.2) is 35.7 Å². The SMILES string of the molecule is C=C(OC)c1ccccc1S. The first kappa shape index (κ1) is 8.21. The number of hydrogen-bond acceptors (Lipinski definition) is 2. The number of rotatable bonds is 2. The number of thiol groups is 1. The van der Waals surface area contributed by atoms with E-state index in [4.69, 9.17) is 4.74 Å². The van der Waals surface area contributed by atoms with Crippen LogP contribution >= 0.6 is 12.6 Å². The van der Waals surface area contributed by atoms with Crippen molar-refractivity contribution >= 4 is 18.4 Å². The molecule has 0 aliphatic rings. The zero-order valence-electron chi connectivity index (χ0n) is 6.37. The molecule has 0 fully saturated rings. The Morgan fingerprint density at radius 1 is 1.45 bits per heavy atom. The lowest BCUT2D eigenvalue weighted by Crippen LogP contribution is -1.85. The molecule has 1 nitrogen and oxygen atoms in total. The number of benzene rings is 1. The molecule has 0 saturated heterocycles. The Morgan fingerprint density at radius 3 is 2.64 bits per heavy atom. The minimum absolute atomic E-state index is 0.649. The van der Waals surface area contributed by atoms with Crippen molar-refractivity contribution in [2.45, 2.75) is 4.90 Å². The lowest BCUT2D eigenvalue weighted by atomic mass is 10.2. The molecule has 2 heteroatoms. The number of hydrogen-bond donors (Lipinski definition) is 1. The molecule has 58 valence electrons. The van der Waals surface area contributed by atoms with Crippen LogP contribution in [0.3, 0.4) is 0 Å². The van der Waals surface area contributed by atoms with Crippen molar-refractivity contribution in [3.05, 3.63) is 36.4 Å². The maximum Gasteiger partial charge on any atom is 0.120 e. The average molecular weight is 166 g/mol. The van der Waals surface area contributed by atoms with E-state index in [-0.39, 0.29) is 0 Å². The zero-order valence-corrected chi connectivity index (χ0v) is 7.27. The molecule has 1 aromatic rings. The Bertz CT molecular complexity index is 268. The highest BCUT2D eigenvalue weighted by Crippen LogP contribution is 2.20. The van der Waals surface area contributed by atoms with Crippen LogP contribution in [0.1, 0.15) is 5.56 Å². The molecular weight excluding hydrogens is 156 g/mol. The summed E-state index contributed by atoms with van der Waals surface area (Å²) in [7, 11) is 1.60. The molecule has 0 spiro atoms. The molecule has 0 unspecified atom stereocenters. The van der Waals surface area contributed by atoms with Gasteiger partial charge in [0.1, 0.15) is 5.76 Å². The third kappa shape index (κ3) is 1.77. The minimum Gasteiger partial charge on any atom is -0.497 e. The highest BCUT2D eigenvalue weighted by atomic mass is 32.1. The van der Waals surface area contributed by atoms with Crippen LogP contribution in [-0.2, 0) is 4.74 Å². The highest BCUT2D eigenvalue weighted by Gasteiger charge is 2.00. The van der Waals surface area contributed by atoms with Crippen LogP contribution in [0.25, 0.3) is 5.76 Å². The summed E-state index contributed by atoms with van der Waals surface area (Å²) >= 11 is 4.25. The molecule has 0 amide bonds. The van der Waals surface area contributed by atoms with Gasteiger partial charge in [0.2, 0.25) is 0 Å². The van der Waals surface area contributed by atoms with E-state index in [0.29, 0.717) is 5.76 Å². The molecule has 0 aliphatic heterocycles. The van der Waals surface area contributed by atoms with Gasteiger partial charge in [0, 0.05) is 10.5 Å². The van der Waals surface area contributed by atoms with Crippen molar-refractivity contribution in [2.75, 3.05) is 7.11 Å². The van der Waals surface area contributed by atoms with Crippen LogP contribution < -0.4 is 0 Å². The number of ether oxygens (including phenoxy) is 1. The van der Waals surface area contributed by atoms with Gasteiger partial charge in [0.25, 0.3) is 0 Å². The first-order valence-corrected chi connectivity index (χ1v) is 3.71. The predicted octanol–water partition coefficient (Wildman–Crippen LogP) is 2.59.